The molecule has 3 heteroatoms. The predicted octanol–water partition coefficient (Wildman–Crippen LogP) is 2.90. The minimum absolute atomic E-state index is 0.414. The number of rotatable bonds is 7. The van der Waals surface area contributed by atoms with E-state index in [1.165, 1.54) is 25.7 Å². The van der Waals surface area contributed by atoms with E-state index in [-0.39, 0.29) is 0 Å². The van der Waals surface area contributed by atoms with Gasteiger partial charge in [0.2, 0.25) is 0 Å². The zero-order valence-electron chi connectivity index (χ0n) is 11.8. The summed E-state index contributed by atoms with van der Waals surface area (Å²) in [5, 5.41) is 13.1. The molecule has 0 unspecified atom stereocenters. The van der Waals surface area contributed by atoms with Crippen molar-refractivity contribution in [3.63, 3.8) is 0 Å². The molecule has 2 rings (SSSR count). The Morgan fingerprint density at radius 3 is 2.89 bits per heavy atom. The number of hydrogen-bond acceptors (Lipinski definition) is 3. The van der Waals surface area contributed by atoms with Crippen LogP contribution in [0.5, 0.6) is 5.75 Å². The topological polar surface area (TPSA) is 41.5 Å². The standard InChI is InChI=1S/C16H25NO2/c1-17-10-9-16(18)14-7-4-8-15(11-14)19-12-13-5-2-3-6-13/h4,7-8,11,13,16-18H,2-3,5-6,9-10,12H2,1H3/t16-/m0/s1. The molecular weight excluding hydrogens is 238 g/mol. The van der Waals surface area contributed by atoms with E-state index in [9.17, 15) is 5.11 Å². The van der Waals surface area contributed by atoms with Gasteiger partial charge in [-0.3, -0.25) is 0 Å². The molecule has 106 valence electrons. The summed E-state index contributed by atoms with van der Waals surface area (Å²) in [5.74, 6) is 1.60. The van der Waals surface area contributed by atoms with E-state index < -0.39 is 6.10 Å². The summed E-state index contributed by atoms with van der Waals surface area (Å²) in [6, 6.07) is 7.86. The van der Waals surface area contributed by atoms with Crippen LogP contribution in [-0.4, -0.2) is 25.3 Å². The molecule has 1 aromatic carbocycles. The number of benzene rings is 1. The Morgan fingerprint density at radius 2 is 2.16 bits per heavy atom. The second-order valence-corrected chi connectivity index (χ2v) is 5.44. The smallest absolute Gasteiger partial charge is 0.119 e. The van der Waals surface area contributed by atoms with Crippen molar-refractivity contribution >= 4 is 0 Å². The highest BCUT2D eigenvalue weighted by molar-refractivity contribution is 5.29. The van der Waals surface area contributed by atoms with Crippen molar-refractivity contribution in [1.29, 1.82) is 0 Å². The average molecular weight is 263 g/mol. The first kappa shape index (κ1) is 14.4. The van der Waals surface area contributed by atoms with Crippen molar-refractivity contribution in [1.82, 2.24) is 5.32 Å². The van der Waals surface area contributed by atoms with Gasteiger partial charge in [0, 0.05) is 0 Å². The normalized spacial score (nSPS) is 17.6. The van der Waals surface area contributed by atoms with E-state index in [0.29, 0.717) is 0 Å². The molecule has 0 aromatic heterocycles. The quantitative estimate of drug-likeness (QED) is 0.795. The van der Waals surface area contributed by atoms with Crippen LogP contribution in [0.2, 0.25) is 0 Å². The Kier molecular flexibility index (Phi) is 5.67. The molecule has 0 aliphatic heterocycles. The Bertz CT molecular complexity index is 375. The monoisotopic (exact) mass is 263 g/mol. The number of aliphatic hydroxyl groups excluding tert-OH is 1. The minimum Gasteiger partial charge on any atom is -0.493 e. The van der Waals surface area contributed by atoms with Crippen molar-refractivity contribution in [2.75, 3.05) is 20.2 Å². The van der Waals surface area contributed by atoms with Crippen molar-refractivity contribution < 1.29 is 9.84 Å². The van der Waals surface area contributed by atoms with Crippen LogP contribution in [0.1, 0.15) is 43.8 Å². The van der Waals surface area contributed by atoms with Crippen LogP contribution in [0.25, 0.3) is 0 Å². The van der Waals surface area contributed by atoms with Crippen molar-refractivity contribution in [2.45, 2.75) is 38.2 Å². The Hall–Kier alpha value is -1.06. The molecule has 1 aromatic rings. The van der Waals surface area contributed by atoms with Crippen LogP contribution >= 0.6 is 0 Å². The molecule has 0 radical (unpaired) electrons. The highest BCUT2D eigenvalue weighted by Crippen LogP contribution is 2.26. The van der Waals surface area contributed by atoms with E-state index >= 15 is 0 Å². The van der Waals surface area contributed by atoms with E-state index in [4.69, 9.17) is 4.74 Å². The maximum absolute atomic E-state index is 10.1. The molecule has 1 aliphatic carbocycles. The highest BCUT2D eigenvalue weighted by Gasteiger charge is 2.15. The van der Waals surface area contributed by atoms with Gasteiger partial charge in [-0.05, 0) is 56.5 Å². The minimum atomic E-state index is -0.414. The molecule has 0 amide bonds. The first-order chi connectivity index (χ1) is 9.29. The summed E-state index contributed by atoms with van der Waals surface area (Å²) in [6.07, 6.45) is 5.59. The SMILES string of the molecule is CNCC[C@H](O)c1cccc(OCC2CCCC2)c1. The largest absolute Gasteiger partial charge is 0.493 e. The van der Waals surface area contributed by atoms with Gasteiger partial charge < -0.3 is 15.2 Å². The molecule has 19 heavy (non-hydrogen) atoms. The number of hydrogen-bond donors (Lipinski definition) is 2. The van der Waals surface area contributed by atoms with E-state index in [2.05, 4.69) is 5.32 Å². The molecule has 3 nitrogen and oxygen atoms in total. The third-order valence-corrected chi connectivity index (χ3v) is 3.87. The molecule has 1 aliphatic rings. The van der Waals surface area contributed by atoms with Crippen LogP contribution in [0, 0.1) is 5.92 Å². The average Bonchev–Trinajstić information content (AvgIpc) is 2.96. The van der Waals surface area contributed by atoms with Crippen LogP contribution in [-0.2, 0) is 0 Å². The fourth-order valence-electron chi connectivity index (χ4n) is 2.65. The lowest BCUT2D eigenvalue weighted by atomic mass is 10.1. The van der Waals surface area contributed by atoms with Crippen molar-refractivity contribution in [3.05, 3.63) is 29.8 Å². The van der Waals surface area contributed by atoms with Crippen molar-refractivity contribution in [2.24, 2.45) is 5.92 Å². The molecule has 0 bridgehead atoms. The first-order valence-corrected chi connectivity index (χ1v) is 7.35. The molecule has 2 N–H and O–H groups in total. The Balaban J connectivity index is 1.86. The van der Waals surface area contributed by atoms with Crippen LogP contribution in [0.15, 0.2) is 24.3 Å². The third kappa shape index (κ3) is 4.51. The summed E-state index contributed by atoms with van der Waals surface area (Å²) in [5.41, 5.74) is 0.944. The van der Waals surface area contributed by atoms with Gasteiger partial charge in [0.05, 0.1) is 12.7 Å². The summed E-state index contributed by atoms with van der Waals surface area (Å²) in [7, 11) is 1.90. The van der Waals surface area contributed by atoms with Crippen LogP contribution in [0.4, 0.5) is 0 Å². The number of aliphatic hydroxyl groups is 1. The zero-order chi connectivity index (χ0) is 13.5. The lowest BCUT2D eigenvalue weighted by Gasteiger charge is -2.14. The molecular formula is C16H25NO2. The van der Waals surface area contributed by atoms with E-state index in [1.807, 2.05) is 31.3 Å². The summed E-state index contributed by atoms with van der Waals surface area (Å²) >= 11 is 0. The maximum atomic E-state index is 10.1. The first-order valence-electron chi connectivity index (χ1n) is 7.35. The van der Waals surface area contributed by atoms with Gasteiger partial charge in [0.25, 0.3) is 0 Å². The van der Waals surface area contributed by atoms with Crippen LogP contribution < -0.4 is 10.1 Å². The molecule has 0 spiro atoms. The second-order valence-electron chi connectivity index (χ2n) is 5.44. The highest BCUT2D eigenvalue weighted by atomic mass is 16.5. The summed E-state index contributed by atoms with van der Waals surface area (Å²) < 4.78 is 5.86. The molecule has 0 saturated heterocycles. The van der Waals surface area contributed by atoms with E-state index in [1.54, 1.807) is 0 Å². The Morgan fingerprint density at radius 1 is 1.37 bits per heavy atom. The van der Waals surface area contributed by atoms with E-state index in [0.717, 1.165) is 36.8 Å². The van der Waals surface area contributed by atoms with Gasteiger partial charge in [-0.2, -0.15) is 0 Å². The van der Waals surface area contributed by atoms with Crippen molar-refractivity contribution in [3.8, 4) is 5.75 Å². The summed E-state index contributed by atoms with van der Waals surface area (Å²) in [6.45, 7) is 1.63. The van der Waals surface area contributed by atoms with Gasteiger partial charge in [0.1, 0.15) is 5.75 Å². The third-order valence-electron chi connectivity index (χ3n) is 3.87. The van der Waals surface area contributed by atoms with Gasteiger partial charge in [-0.15, -0.1) is 0 Å². The molecule has 0 heterocycles. The fourth-order valence-corrected chi connectivity index (χ4v) is 2.65. The molecule has 1 saturated carbocycles. The lowest BCUT2D eigenvalue weighted by molar-refractivity contribution is 0.167. The van der Waals surface area contributed by atoms with Gasteiger partial charge >= 0.3 is 0 Å². The lowest BCUT2D eigenvalue weighted by Crippen LogP contribution is -2.12. The molecule has 1 fully saturated rings. The predicted molar refractivity (Wildman–Crippen MR) is 77.4 cm³/mol. The maximum Gasteiger partial charge on any atom is 0.119 e. The summed E-state index contributed by atoms with van der Waals surface area (Å²) in [4.78, 5) is 0. The van der Waals surface area contributed by atoms with Gasteiger partial charge in [-0.1, -0.05) is 25.0 Å². The second kappa shape index (κ2) is 7.51. The van der Waals surface area contributed by atoms with Crippen LogP contribution in [0.3, 0.4) is 0 Å². The Labute approximate surface area is 116 Å². The van der Waals surface area contributed by atoms with Gasteiger partial charge in [0.15, 0.2) is 0 Å². The number of ether oxygens (including phenoxy) is 1. The number of nitrogens with one attached hydrogen (secondary N) is 1. The molecule has 1 atom stereocenters. The van der Waals surface area contributed by atoms with Gasteiger partial charge in [-0.25, -0.2) is 0 Å². The zero-order valence-corrected chi connectivity index (χ0v) is 11.8. The fraction of sp³-hybridized carbons (Fsp3) is 0.625.